The average Bonchev–Trinajstić information content (AvgIpc) is 2.46. The summed E-state index contributed by atoms with van der Waals surface area (Å²) in [5, 5.41) is 0. The Labute approximate surface area is 123 Å². The molecule has 0 unspecified atom stereocenters. The fourth-order valence-corrected chi connectivity index (χ4v) is 1.49. The molecule has 0 aromatic heterocycles. The lowest BCUT2D eigenvalue weighted by Crippen LogP contribution is -2.13. The lowest BCUT2D eigenvalue weighted by molar-refractivity contribution is 0.434. The van der Waals surface area contributed by atoms with E-state index in [4.69, 9.17) is 0 Å². The van der Waals surface area contributed by atoms with Crippen molar-refractivity contribution in [2.45, 2.75) is 82.1 Å². The van der Waals surface area contributed by atoms with Crippen LogP contribution >= 0.6 is 0 Å². The molecule has 19 heavy (non-hydrogen) atoms. The normalized spacial score (nSPS) is 12.5. The van der Waals surface area contributed by atoms with Crippen LogP contribution in [0.1, 0.15) is 82.1 Å². The Balaban J connectivity index is -0.000000361. The van der Waals surface area contributed by atoms with Gasteiger partial charge in [-0.3, -0.25) is 0 Å². The van der Waals surface area contributed by atoms with E-state index in [1.165, 1.54) is 17.6 Å². The maximum Gasteiger partial charge on any atom is -0.0107 e. The van der Waals surface area contributed by atoms with Crippen LogP contribution in [0.25, 0.3) is 0 Å². The van der Waals surface area contributed by atoms with Gasteiger partial charge in [-0.2, -0.15) is 0 Å². The van der Waals surface area contributed by atoms with Gasteiger partial charge in [0.15, 0.2) is 0 Å². The standard InChI is InChI=1S/C13H24.C4H8.C2H6/c1-7-10-12(11(4)8-2)13(5,6)9-3;1-3-4-2;1-2/h7,10H,8-9H2,1-6H3;3-4H,1-2H3;1-2H3/b10-7+,12-11-;4-3+;. The zero-order valence-electron chi connectivity index (χ0n) is 15.2. The fourth-order valence-electron chi connectivity index (χ4n) is 1.49. The van der Waals surface area contributed by atoms with Gasteiger partial charge in [0.05, 0.1) is 0 Å². The zero-order valence-corrected chi connectivity index (χ0v) is 15.2. The summed E-state index contributed by atoms with van der Waals surface area (Å²) in [4.78, 5) is 0. The van der Waals surface area contributed by atoms with Crippen LogP contribution in [0.5, 0.6) is 0 Å². The molecule has 114 valence electrons. The third kappa shape index (κ3) is 12.0. The quantitative estimate of drug-likeness (QED) is 0.369. The van der Waals surface area contributed by atoms with Gasteiger partial charge >= 0.3 is 0 Å². The van der Waals surface area contributed by atoms with Gasteiger partial charge in [-0.25, -0.2) is 0 Å². The monoisotopic (exact) mass is 266 g/mol. The highest BCUT2D eigenvalue weighted by Crippen LogP contribution is 2.33. The second kappa shape index (κ2) is 15.3. The lowest BCUT2D eigenvalue weighted by Gasteiger charge is -2.26. The van der Waals surface area contributed by atoms with Crippen molar-refractivity contribution < 1.29 is 0 Å². The van der Waals surface area contributed by atoms with E-state index in [2.05, 4.69) is 53.7 Å². The van der Waals surface area contributed by atoms with Gasteiger partial charge in [-0.1, -0.05) is 71.4 Å². The first-order valence-corrected chi connectivity index (χ1v) is 7.81. The fraction of sp³-hybridized carbons (Fsp3) is 0.684. The number of hydrogen-bond donors (Lipinski definition) is 0. The minimum Gasteiger partial charge on any atom is -0.0919 e. The molecule has 0 heteroatoms. The Kier molecular flexibility index (Phi) is 18.8. The van der Waals surface area contributed by atoms with Crippen LogP contribution in [-0.4, -0.2) is 0 Å². The molecule has 0 saturated heterocycles. The predicted molar refractivity (Wildman–Crippen MR) is 93.7 cm³/mol. The molecule has 0 atom stereocenters. The van der Waals surface area contributed by atoms with E-state index in [9.17, 15) is 0 Å². The second-order valence-electron chi connectivity index (χ2n) is 4.95. The first-order valence-electron chi connectivity index (χ1n) is 7.81. The first kappa shape index (κ1) is 23.3. The highest BCUT2D eigenvalue weighted by Gasteiger charge is 2.20. The molecule has 0 aliphatic rings. The highest BCUT2D eigenvalue weighted by atomic mass is 14.2. The third-order valence-electron chi connectivity index (χ3n) is 3.27. The molecule has 0 rings (SSSR count). The Morgan fingerprint density at radius 3 is 1.53 bits per heavy atom. The molecule has 0 radical (unpaired) electrons. The van der Waals surface area contributed by atoms with Gasteiger partial charge in [0.25, 0.3) is 0 Å². The molecule has 0 bridgehead atoms. The van der Waals surface area contributed by atoms with Crippen LogP contribution in [0, 0.1) is 5.41 Å². The number of rotatable bonds is 4. The van der Waals surface area contributed by atoms with Gasteiger partial charge in [0, 0.05) is 0 Å². The Morgan fingerprint density at radius 1 is 0.895 bits per heavy atom. The number of hydrogen-bond acceptors (Lipinski definition) is 0. The summed E-state index contributed by atoms with van der Waals surface area (Å²) in [7, 11) is 0. The summed E-state index contributed by atoms with van der Waals surface area (Å²) in [6.45, 7) is 21.5. The van der Waals surface area contributed by atoms with Crippen LogP contribution in [0.15, 0.2) is 35.5 Å². The van der Waals surface area contributed by atoms with E-state index in [1.54, 1.807) is 0 Å². The van der Waals surface area contributed by atoms with E-state index < -0.39 is 0 Å². The van der Waals surface area contributed by atoms with Gasteiger partial charge in [-0.15, -0.1) is 0 Å². The molecule has 0 spiro atoms. The van der Waals surface area contributed by atoms with Gasteiger partial charge in [0.2, 0.25) is 0 Å². The molecule has 0 aliphatic heterocycles. The van der Waals surface area contributed by atoms with Gasteiger partial charge in [0.1, 0.15) is 0 Å². The van der Waals surface area contributed by atoms with Crippen LogP contribution < -0.4 is 0 Å². The summed E-state index contributed by atoms with van der Waals surface area (Å²) in [5.74, 6) is 0. The van der Waals surface area contributed by atoms with Gasteiger partial charge in [-0.05, 0) is 51.5 Å². The van der Waals surface area contributed by atoms with E-state index in [-0.39, 0.29) is 0 Å². The smallest absolute Gasteiger partial charge is 0.0107 e. The van der Waals surface area contributed by atoms with Crippen molar-refractivity contribution in [3.63, 3.8) is 0 Å². The molecule has 0 heterocycles. The molecular weight excluding hydrogens is 228 g/mol. The third-order valence-corrected chi connectivity index (χ3v) is 3.27. The Morgan fingerprint density at radius 2 is 1.32 bits per heavy atom. The largest absolute Gasteiger partial charge is 0.0919 e. The molecular formula is C19H38. The van der Waals surface area contributed by atoms with Crippen molar-refractivity contribution in [3.8, 4) is 0 Å². The van der Waals surface area contributed by atoms with Gasteiger partial charge < -0.3 is 0 Å². The van der Waals surface area contributed by atoms with Crippen LogP contribution in [0.4, 0.5) is 0 Å². The van der Waals surface area contributed by atoms with Crippen molar-refractivity contribution >= 4 is 0 Å². The Bertz CT molecular complexity index is 258. The number of allylic oxidation sites excluding steroid dienone is 6. The Hall–Kier alpha value is -0.780. The average molecular weight is 267 g/mol. The van der Waals surface area contributed by atoms with Crippen molar-refractivity contribution in [1.29, 1.82) is 0 Å². The SMILES string of the molecule is C/C=C/C.C/C=C/C(=C(\C)CC)C(C)(C)CC.CC. The van der Waals surface area contributed by atoms with Crippen molar-refractivity contribution in [1.82, 2.24) is 0 Å². The van der Waals surface area contributed by atoms with E-state index in [1.807, 2.05) is 39.8 Å². The van der Waals surface area contributed by atoms with E-state index >= 15 is 0 Å². The van der Waals surface area contributed by atoms with Crippen LogP contribution in [-0.2, 0) is 0 Å². The maximum atomic E-state index is 2.32. The molecule has 0 saturated carbocycles. The molecule has 0 aliphatic carbocycles. The summed E-state index contributed by atoms with van der Waals surface area (Å²) >= 11 is 0. The van der Waals surface area contributed by atoms with Crippen molar-refractivity contribution in [3.05, 3.63) is 35.5 Å². The summed E-state index contributed by atoms with van der Waals surface area (Å²) in [5.41, 5.74) is 3.36. The van der Waals surface area contributed by atoms with Crippen molar-refractivity contribution in [2.24, 2.45) is 5.41 Å². The minimum absolute atomic E-state index is 0.326. The van der Waals surface area contributed by atoms with Crippen LogP contribution in [0.2, 0.25) is 0 Å². The molecule has 0 N–H and O–H groups in total. The molecule has 0 fully saturated rings. The second-order valence-corrected chi connectivity index (χ2v) is 4.95. The summed E-state index contributed by atoms with van der Waals surface area (Å²) in [6.07, 6.45) is 10.8. The summed E-state index contributed by atoms with van der Waals surface area (Å²) in [6, 6.07) is 0. The zero-order chi connectivity index (χ0) is 15.9. The van der Waals surface area contributed by atoms with E-state index in [0.29, 0.717) is 5.41 Å². The lowest BCUT2D eigenvalue weighted by atomic mass is 9.78. The van der Waals surface area contributed by atoms with E-state index in [0.717, 1.165) is 6.42 Å². The van der Waals surface area contributed by atoms with Crippen LogP contribution in [0.3, 0.4) is 0 Å². The summed E-state index contributed by atoms with van der Waals surface area (Å²) < 4.78 is 0. The molecule has 0 aromatic rings. The minimum atomic E-state index is 0.326. The van der Waals surface area contributed by atoms with Crippen molar-refractivity contribution in [2.75, 3.05) is 0 Å². The molecule has 0 amide bonds. The molecule has 0 aromatic carbocycles. The first-order chi connectivity index (χ1) is 8.90. The predicted octanol–water partition coefficient (Wildman–Crippen LogP) is 7.33. The molecule has 0 nitrogen and oxygen atoms in total. The topological polar surface area (TPSA) is 0 Å². The maximum absolute atomic E-state index is 2.32. The highest BCUT2D eigenvalue weighted by molar-refractivity contribution is 5.30.